The van der Waals surface area contributed by atoms with Gasteiger partial charge in [-0.15, -0.1) is 0 Å². The van der Waals surface area contributed by atoms with Crippen LogP contribution in [0.1, 0.15) is 19.3 Å². The molecule has 2 nitrogen and oxygen atoms in total. The monoisotopic (exact) mass is 200 g/mol. The Labute approximate surface area is 85.3 Å². The van der Waals surface area contributed by atoms with E-state index in [4.69, 9.17) is 5.73 Å². The normalized spacial score (nSPS) is 19.5. The van der Waals surface area contributed by atoms with Crippen LogP contribution >= 0.6 is 11.8 Å². The second-order valence-electron chi connectivity index (χ2n) is 3.52. The highest BCUT2D eigenvalue weighted by atomic mass is 32.2. The standard InChI is InChI=1S/C10H20N2S/c1-13-7-6-10(8-11)12-9-4-2-3-5-9/h2-3,9-10,12H,4-8,11H2,1H3. The van der Waals surface area contributed by atoms with Crippen molar-refractivity contribution in [3.8, 4) is 0 Å². The lowest BCUT2D eigenvalue weighted by atomic mass is 10.1. The summed E-state index contributed by atoms with van der Waals surface area (Å²) in [6.45, 7) is 0.761. The van der Waals surface area contributed by atoms with E-state index >= 15 is 0 Å². The van der Waals surface area contributed by atoms with Crippen LogP contribution in [0.3, 0.4) is 0 Å². The molecule has 1 unspecified atom stereocenters. The minimum Gasteiger partial charge on any atom is -0.329 e. The fraction of sp³-hybridized carbons (Fsp3) is 0.800. The van der Waals surface area contributed by atoms with Crippen molar-refractivity contribution in [1.29, 1.82) is 0 Å². The van der Waals surface area contributed by atoms with Gasteiger partial charge in [0.2, 0.25) is 0 Å². The highest BCUT2D eigenvalue weighted by Gasteiger charge is 2.14. The summed E-state index contributed by atoms with van der Waals surface area (Å²) >= 11 is 1.89. The molecule has 0 aliphatic heterocycles. The zero-order valence-electron chi connectivity index (χ0n) is 8.33. The SMILES string of the molecule is CSCCC(CN)NC1CC=CC1. The van der Waals surface area contributed by atoms with Crippen molar-refractivity contribution in [2.45, 2.75) is 31.3 Å². The predicted octanol–water partition coefficient (Wildman–Crippen LogP) is 1.38. The molecule has 0 radical (unpaired) electrons. The molecule has 1 aliphatic carbocycles. The molecule has 0 saturated heterocycles. The molecule has 3 N–H and O–H groups in total. The summed E-state index contributed by atoms with van der Waals surface area (Å²) < 4.78 is 0. The maximum absolute atomic E-state index is 5.70. The third kappa shape index (κ3) is 4.16. The second-order valence-corrected chi connectivity index (χ2v) is 4.51. The third-order valence-corrected chi connectivity index (χ3v) is 3.08. The van der Waals surface area contributed by atoms with Crippen molar-refractivity contribution in [3.05, 3.63) is 12.2 Å². The Morgan fingerprint density at radius 1 is 1.54 bits per heavy atom. The fourth-order valence-electron chi connectivity index (χ4n) is 1.62. The second kappa shape index (κ2) is 6.46. The lowest BCUT2D eigenvalue weighted by Crippen LogP contribution is -2.42. The number of nitrogens with one attached hydrogen (secondary N) is 1. The first kappa shape index (κ1) is 11.1. The van der Waals surface area contributed by atoms with Gasteiger partial charge < -0.3 is 11.1 Å². The van der Waals surface area contributed by atoms with Gasteiger partial charge in [0.1, 0.15) is 0 Å². The molecule has 0 amide bonds. The van der Waals surface area contributed by atoms with E-state index in [1.165, 1.54) is 25.0 Å². The minimum atomic E-state index is 0.511. The van der Waals surface area contributed by atoms with Gasteiger partial charge in [0.15, 0.2) is 0 Å². The maximum atomic E-state index is 5.70. The number of hydrogen-bond acceptors (Lipinski definition) is 3. The maximum Gasteiger partial charge on any atom is 0.0200 e. The molecular weight excluding hydrogens is 180 g/mol. The fourth-order valence-corrected chi connectivity index (χ4v) is 2.14. The van der Waals surface area contributed by atoms with Gasteiger partial charge >= 0.3 is 0 Å². The van der Waals surface area contributed by atoms with Crippen LogP contribution in [0, 0.1) is 0 Å². The van der Waals surface area contributed by atoms with E-state index in [2.05, 4.69) is 23.7 Å². The van der Waals surface area contributed by atoms with Gasteiger partial charge in [0.05, 0.1) is 0 Å². The molecule has 13 heavy (non-hydrogen) atoms. The topological polar surface area (TPSA) is 38.0 Å². The quantitative estimate of drug-likeness (QED) is 0.636. The van der Waals surface area contributed by atoms with Crippen LogP contribution in [0.15, 0.2) is 12.2 Å². The lowest BCUT2D eigenvalue weighted by Gasteiger charge is -2.21. The van der Waals surface area contributed by atoms with Crippen molar-refractivity contribution >= 4 is 11.8 Å². The van der Waals surface area contributed by atoms with Crippen LogP contribution < -0.4 is 11.1 Å². The number of hydrogen-bond donors (Lipinski definition) is 2. The Hall–Kier alpha value is 0.0100. The van der Waals surface area contributed by atoms with Crippen molar-refractivity contribution < 1.29 is 0 Å². The van der Waals surface area contributed by atoms with E-state index in [1.54, 1.807) is 0 Å². The van der Waals surface area contributed by atoms with Crippen molar-refractivity contribution in [3.63, 3.8) is 0 Å². The van der Waals surface area contributed by atoms with Crippen molar-refractivity contribution in [2.75, 3.05) is 18.6 Å². The predicted molar refractivity (Wildman–Crippen MR) is 61.1 cm³/mol. The number of rotatable bonds is 6. The van der Waals surface area contributed by atoms with Gasteiger partial charge in [0, 0.05) is 18.6 Å². The Morgan fingerprint density at radius 2 is 2.23 bits per heavy atom. The molecule has 0 fully saturated rings. The summed E-state index contributed by atoms with van der Waals surface area (Å²) in [6.07, 6.45) is 10.2. The van der Waals surface area contributed by atoms with Crippen molar-refractivity contribution in [1.82, 2.24) is 5.32 Å². The zero-order valence-corrected chi connectivity index (χ0v) is 9.15. The van der Waals surface area contributed by atoms with E-state index in [0.717, 1.165) is 6.54 Å². The average Bonchev–Trinajstić information content (AvgIpc) is 2.64. The van der Waals surface area contributed by atoms with E-state index in [-0.39, 0.29) is 0 Å². The molecule has 1 rings (SSSR count). The van der Waals surface area contributed by atoms with Crippen LogP contribution in [0.2, 0.25) is 0 Å². The molecule has 0 heterocycles. The van der Waals surface area contributed by atoms with Crippen LogP contribution in [0.25, 0.3) is 0 Å². The molecule has 76 valence electrons. The summed E-state index contributed by atoms with van der Waals surface area (Å²) in [6, 6.07) is 1.16. The Morgan fingerprint density at radius 3 is 2.77 bits per heavy atom. The van der Waals surface area contributed by atoms with Crippen LogP contribution in [0.4, 0.5) is 0 Å². The molecule has 0 aromatic carbocycles. The molecule has 0 spiro atoms. The Bertz CT molecular complexity index is 151. The highest BCUT2D eigenvalue weighted by Crippen LogP contribution is 2.11. The van der Waals surface area contributed by atoms with E-state index in [0.29, 0.717) is 12.1 Å². The third-order valence-electron chi connectivity index (χ3n) is 2.43. The molecule has 0 aromatic rings. The molecular formula is C10H20N2S. The highest BCUT2D eigenvalue weighted by molar-refractivity contribution is 7.98. The van der Waals surface area contributed by atoms with E-state index < -0.39 is 0 Å². The summed E-state index contributed by atoms with van der Waals surface area (Å²) in [5.74, 6) is 1.20. The zero-order chi connectivity index (χ0) is 9.52. The molecule has 1 atom stereocenters. The largest absolute Gasteiger partial charge is 0.329 e. The average molecular weight is 200 g/mol. The van der Waals surface area contributed by atoms with Gasteiger partial charge in [-0.25, -0.2) is 0 Å². The summed E-state index contributed by atoms with van der Waals surface area (Å²) in [7, 11) is 0. The van der Waals surface area contributed by atoms with Gasteiger partial charge in [-0.05, 0) is 31.3 Å². The summed E-state index contributed by atoms with van der Waals surface area (Å²) in [4.78, 5) is 0. The summed E-state index contributed by atoms with van der Waals surface area (Å²) in [5.41, 5.74) is 5.70. The van der Waals surface area contributed by atoms with E-state index in [1.807, 2.05) is 11.8 Å². The van der Waals surface area contributed by atoms with Crippen molar-refractivity contribution in [2.24, 2.45) is 5.73 Å². The van der Waals surface area contributed by atoms with Crippen LogP contribution in [-0.4, -0.2) is 30.6 Å². The first-order chi connectivity index (χ1) is 6.36. The lowest BCUT2D eigenvalue weighted by molar-refractivity contribution is 0.435. The number of thioether (sulfide) groups is 1. The number of nitrogens with two attached hydrogens (primary N) is 1. The molecule has 0 bridgehead atoms. The summed E-state index contributed by atoms with van der Waals surface area (Å²) in [5, 5.41) is 3.60. The first-order valence-corrected chi connectivity index (χ1v) is 6.36. The van der Waals surface area contributed by atoms with Gasteiger partial charge in [-0.3, -0.25) is 0 Å². The molecule has 0 saturated carbocycles. The molecule has 0 aromatic heterocycles. The Kier molecular flexibility index (Phi) is 5.51. The molecule has 1 aliphatic rings. The van der Waals surface area contributed by atoms with Crippen LogP contribution in [-0.2, 0) is 0 Å². The first-order valence-electron chi connectivity index (χ1n) is 4.97. The van der Waals surface area contributed by atoms with Gasteiger partial charge in [-0.1, -0.05) is 12.2 Å². The van der Waals surface area contributed by atoms with Gasteiger partial charge in [-0.2, -0.15) is 11.8 Å². The van der Waals surface area contributed by atoms with Gasteiger partial charge in [0.25, 0.3) is 0 Å². The Balaban J connectivity index is 2.14. The van der Waals surface area contributed by atoms with Crippen LogP contribution in [0.5, 0.6) is 0 Å². The minimum absolute atomic E-state index is 0.511. The van der Waals surface area contributed by atoms with E-state index in [9.17, 15) is 0 Å². The molecule has 3 heteroatoms. The smallest absolute Gasteiger partial charge is 0.0200 e.